The molecule has 0 atom stereocenters. The third kappa shape index (κ3) is 5.34. The average molecular weight is 368 g/mol. The standard InChI is InChI=1S/C21H24N2O4/c1-5-27-18-9-7-6-8-15(18)11-13-20(24)22-17-14-16(21(25)23(2)3)10-12-19(17)26-4/h6-14H,5H2,1-4H3,(H,22,24)/b13-11+. The molecule has 0 unspecified atom stereocenters. The molecular formula is C21H24N2O4. The quantitative estimate of drug-likeness (QED) is 0.760. The Morgan fingerprint density at radius 3 is 2.52 bits per heavy atom. The van der Waals surface area contributed by atoms with E-state index < -0.39 is 0 Å². The maximum atomic E-state index is 12.3. The number of amides is 2. The predicted octanol–water partition coefficient (Wildman–Crippen LogP) is 3.45. The summed E-state index contributed by atoms with van der Waals surface area (Å²) in [6.07, 6.45) is 3.10. The summed E-state index contributed by atoms with van der Waals surface area (Å²) in [5.41, 5.74) is 1.69. The number of carbonyl (C=O) groups excluding carboxylic acids is 2. The first-order chi connectivity index (χ1) is 13.0. The van der Waals surface area contributed by atoms with Crippen LogP contribution in [-0.2, 0) is 4.79 Å². The van der Waals surface area contributed by atoms with Crippen LogP contribution < -0.4 is 14.8 Å². The van der Waals surface area contributed by atoms with Crippen LogP contribution in [0.15, 0.2) is 48.5 Å². The molecule has 142 valence electrons. The van der Waals surface area contributed by atoms with Crippen LogP contribution in [0.3, 0.4) is 0 Å². The van der Waals surface area contributed by atoms with Gasteiger partial charge in [0.1, 0.15) is 11.5 Å². The van der Waals surface area contributed by atoms with Crippen molar-refractivity contribution < 1.29 is 19.1 Å². The van der Waals surface area contributed by atoms with E-state index in [9.17, 15) is 9.59 Å². The zero-order valence-corrected chi connectivity index (χ0v) is 16.0. The number of nitrogens with one attached hydrogen (secondary N) is 1. The van der Waals surface area contributed by atoms with E-state index in [1.165, 1.54) is 18.1 Å². The average Bonchev–Trinajstić information content (AvgIpc) is 2.66. The first-order valence-electron chi connectivity index (χ1n) is 8.56. The van der Waals surface area contributed by atoms with Crippen LogP contribution in [0.25, 0.3) is 6.08 Å². The zero-order valence-electron chi connectivity index (χ0n) is 16.0. The molecule has 0 bridgehead atoms. The number of methoxy groups -OCH3 is 1. The summed E-state index contributed by atoms with van der Waals surface area (Å²) in [6, 6.07) is 12.4. The lowest BCUT2D eigenvalue weighted by Gasteiger charge is -2.14. The number of benzene rings is 2. The van der Waals surface area contributed by atoms with Crippen LogP contribution >= 0.6 is 0 Å². The zero-order chi connectivity index (χ0) is 19.8. The largest absolute Gasteiger partial charge is 0.495 e. The Bertz CT molecular complexity index is 844. The molecule has 0 spiro atoms. The summed E-state index contributed by atoms with van der Waals surface area (Å²) in [6.45, 7) is 2.45. The SMILES string of the molecule is CCOc1ccccc1/C=C/C(=O)Nc1cc(C(=O)N(C)C)ccc1OC. The number of nitrogens with zero attached hydrogens (tertiary/aromatic N) is 1. The normalized spacial score (nSPS) is 10.5. The van der Waals surface area contributed by atoms with Crippen molar-refractivity contribution in [1.29, 1.82) is 0 Å². The molecule has 0 aliphatic carbocycles. The van der Waals surface area contributed by atoms with Crippen LogP contribution in [0.4, 0.5) is 5.69 Å². The van der Waals surface area contributed by atoms with Crippen LogP contribution in [-0.4, -0.2) is 44.5 Å². The predicted molar refractivity (Wildman–Crippen MR) is 106 cm³/mol. The number of anilines is 1. The molecule has 2 aromatic rings. The van der Waals surface area contributed by atoms with Gasteiger partial charge in [0.15, 0.2) is 0 Å². The van der Waals surface area contributed by atoms with E-state index >= 15 is 0 Å². The third-order valence-corrected chi connectivity index (χ3v) is 3.74. The molecule has 2 aromatic carbocycles. The Morgan fingerprint density at radius 1 is 1.11 bits per heavy atom. The lowest BCUT2D eigenvalue weighted by Crippen LogP contribution is -2.22. The van der Waals surface area contributed by atoms with Crippen molar-refractivity contribution in [2.75, 3.05) is 33.1 Å². The molecule has 0 saturated heterocycles. The first-order valence-corrected chi connectivity index (χ1v) is 8.56. The highest BCUT2D eigenvalue weighted by Crippen LogP contribution is 2.26. The second-order valence-electron chi connectivity index (χ2n) is 5.91. The Kier molecular flexibility index (Phi) is 7.00. The number of para-hydroxylation sites is 1. The van der Waals surface area contributed by atoms with Gasteiger partial charge in [0, 0.05) is 31.3 Å². The van der Waals surface area contributed by atoms with Crippen molar-refractivity contribution >= 4 is 23.6 Å². The summed E-state index contributed by atoms with van der Waals surface area (Å²) < 4.78 is 10.8. The highest BCUT2D eigenvalue weighted by atomic mass is 16.5. The summed E-state index contributed by atoms with van der Waals surface area (Å²) in [4.78, 5) is 26.0. The topological polar surface area (TPSA) is 67.9 Å². The summed E-state index contributed by atoms with van der Waals surface area (Å²) in [7, 11) is 4.85. The summed E-state index contributed by atoms with van der Waals surface area (Å²) in [5.74, 6) is 0.686. The minimum absolute atomic E-state index is 0.158. The van der Waals surface area contributed by atoms with Gasteiger partial charge in [0.05, 0.1) is 19.4 Å². The van der Waals surface area contributed by atoms with E-state index in [0.717, 1.165) is 5.56 Å². The second-order valence-corrected chi connectivity index (χ2v) is 5.91. The van der Waals surface area contributed by atoms with Gasteiger partial charge in [-0.1, -0.05) is 18.2 Å². The van der Waals surface area contributed by atoms with Crippen molar-refractivity contribution in [1.82, 2.24) is 4.90 Å². The Labute approximate surface area is 159 Å². The lowest BCUT2D eigenvalue weighted by molar-refractivity contribution is -0.111. The van der Waals surface area contributed by atoms with E-state index in [1.54, 1.807) is 38.4 Å². The molecule has 2 amide bonds. The van der Waals surface area contributed by atoms with Crippen molar-refractivity contribution in [3.05, 3.63) is 59.7 Å². The van der Waals surface area contributed by atoms with E-state index in [0.29, 0.717) is 29.4 Å². The molecule has 6 heteroatoms. The molecule has 0 aliphatic rings. The van der Waals surface area contributed by atoms with Gasteiger partial charge in [-0.25, -0.2) is 0 Å². The van der Waals surface area contributed by atoms with Crippen molar-refractivity contribution in [3.8, 4) is 11.5 Å². The van der Waals surface area contributed by atoms with Gasteiger partial charge in [-0.3, -0.25) is 9.59 Å². The minimum Gasteiger partial charge on any atom is -0.495 e. The lowest BCUT2D eigenvalue weighted by atomic mass is 10.1. The molecule has 0 aliphatic heterocycles. The fraction of sp³-hybridized carbons (Fsp3) is 0.238. The molecule has 2 rings (SSSR count). The Morgan fingerprint density at radius 2 is 1.85 bits per heavy atom. The van der Waals surface area contributed by atoms with Gasteiger partial charge in [-0.15, -0.1) is 0 Å². The monoisotopic (exact) mass is 368 g/mol. The molecule has 0 fully saturated rings. The van der Waals surface area contributed by atoms with Gasteiger partial charge >= 0.3 is 0 Å². The maximum Gasteiger partial charge on any atom is 0.253 e. The van der Waals surface area contributed by atoms with E-state index in [2.05, 4.69) is 5.32 Å². The fourth-order valence-electron chi connectivity index (χ4n) is 2.44. The Balaban J connectivity index is 2.20. The van der Waals surface area contributed by atoms with E-state index in [-0.39, 0.29) is 11.8 Å². The maximum absolute atomic E-state index is 12.3. The van der Waals surface area contributed by atoms with Crippen molar-refractivity contribution in [2.24, 2.45) is 0 Å². The van der Waals surface area contributed by atoms with Crippen LogP contribution in [0.1, 0.15) is 22.8 Å². The van der Waals surface area contributed by atoms with Crippen molar-refractivity contribution in [2.45, 2.75) is 6.92 Å². The smallest absolute Gasteiger partial charge is 0.253 e. The molecular weight excluding hydrogens is 344 g/mol. The number of hydrogen-bond donors (Lipinski definition) is 1. The fourth-order valence-corrected chi connectivity index (χ4v) is 2.44. The third-order valence-electron chi connectivity index (χ3n) is 3.74. The molecule has 27 heavy (non-hydrogen) atoms. The first kappa shape index (κ1) is 20.0. The van der Waals surface area contributed by atoms with Gasteiger partial charge in [-0.2, -0.15) is 0 Å². The van der Waals surface area contributed by atoms with Crippen LogP contribution in [0.5, 0.6) is 11.5 Å². The highest BCUT2D eigenvalue weighted by Gasteiger charge is 2.13. The van der Waals surface area contributed by atoms with Gasteiger partial charge in [0.2, 0.25) is 5.91 Å². The van der Waals surface area contributed by atoms with Crippen LogP contribution in [0, 0.1) is 0 Å². The molecule has 6 nitrogen and oxygen atoms in total. The summed E-state index contributed by atoms with van der Waals surface area (Å²) >= 11 is 0. The number of carbonyl (C=O) groups is 2. The number of ether oxygens (including phenoxy) is 2. The van der Waals surface area contributed by atoms with Crippen molar-refractivity contribution in [3.63, 3.8) is 0 Å². The van der Waals surface area contributed by atoms with E-state index in [1.807, 2.05) is 31.2 Å². The van der Waals surface area contributed by atoms with Gasteiger partial charge in [-0.05, 0) is 37.3 Å². The van der Waals surface area contributed by atoms with E-state index in [4.69, 9.17) is 9.47 Å². The summed E-state index contributed by atoms with van der Waals surface area (Å²) in [5, 5.41) is 2.76. The molecule has 0 saturated carbocycles. The van der Waals surface area contributed by atoms with Crippen LogP contribution in [0.2, 0.25) is 0 Å². The minimum atomic E-state index is -0.339. The highest BCUT2D eigenvalue weighted by molar-refractivity contribution is 6.04. The molecule has 0 aromatic heterocycles. The Hall–Kier alpha value is -3.28. The number of hydrogen-bond acceptors (Lipinski definition) is 4. The number of rotatable bonds is 7. The molecule has 0 heterocycles. The molecule has 0 radical (unpaired) electrons. The second kappa shape index (κ2) is 9.43. The molecule has 1 N–H and O–H groups in total. The van der Waals surface area contributed by atoms with Gasteiger partial charge in [0.25, 0.3) is 5.91 Å². The van der Waals surface area contributed by atoms with Gasteiger partial charge < -0.3 is 19.7 Å².